The molecule has 0 saturated heterocycles. The molecule has 2 amide bonds. The van der Waals surface area contributed by atoms with Crippen molar-refractivity contribution in [3.05, 3.63) is 59.7 Å². The van der Waals surface area contributed by atoms with E-state index in [-0.39, 0.29) is 38.1 Å². The zero-order valence-corrected chi connectivity index (χ0v) is 23.2. The molecule has 0 aliphatic rings. The fourth-order valence-electron chi connectivity index (χ4n) is 3.57. The van der Waals surface area contributed by atoms with Crippen molar-refractivity contribution in [2.24, 2.45) is 0 Å². The van der Waals surface area contributed by atoms with Gasteiger partial charge in [-0.15, -0.1) is 0 Å². The molecule has 0 fully saturated rings. The first kappa shape index (κ1) is 26.7. The van der Waals surface area contributed by atoms with Gasteiger partial charge in [-0.25, -0.2) is 0 Å². The first-order chi connectivity index (χ1) is 15.6. The van der Waals surface area contributed by atoms with Crippen LogP contribution in [0.3, 0.4) is 0 Å². The predicted octanol–water partition coefficient (Wildman–Crippen LogP) is 3.49. The quantitative estimate of drug-likeness (QED) is 0.349. The molecule has 0 aliphatic heterocycles. The number of rotatable bonds is 13. The van der Waals surface area contributed by atoms with Crippen molar-refractivity contribution < 1.29 is 9.59 Å². The molecule has 2 aromatic rings. The van der Waals surface area contributed by atoms with Crippen LogP contribution in [0.25, 0.3) is 0 Å². The monoisotopic (exact) mass is 568 g/mol. The van der Waals surface area contributed by atoms with Crippen LogP contribution in [0.4, 0.5) is 0 Å². The molecule has 0 heterocycles. The van der Waals surface area contributed by atoms with Crippen LogP contribution in [-0.4, -0.2) is 74.1 Å². The fourth-order valence-corrected chi connectivity index (χ4v) is 10.7. The third kappa shape index (κ3) is 7.49. The number of carbonyl (C=O) groups is 2. The summed E-state index contributed by atoms with van der Waals surface area (Å²) >= 11 is 0.250. The van der Waals surface area contributed by atoms with Crippen molar-refractivity contribution in [1.82, 2.24) is 9.80 Å². The number of nitrogens with zero attached hydrogens (tertiary/aromatic N) is 2. The van der Waals surface area contributed by atoms with Crippen LogP contribution < -0.4 is 8.92 Å². The van der Waals surface area contributed by atoms with Gasteiger partial charge in [0.1, 0.15) is 0 Å². The van der Waals surface area contributed by atoms with Gasteiger partial charge in [0.15, 0.2) is 0 Å². The summed E-state index contributed by atoms with van der Waals surface area (Å²) in [5, 5.41) is 0. The number of hydrogen-bond acceptors (Lipinski definition) is 2. The Morgan fingerprint density at radius 2 is 0.906 bits per heavy atom. The standard InChI is InChI=1S/C26H36N2O2Se2/c1-5-17-27(18-6-2)25(29)21-13-9-11-15-23(21)31-32-24-16-12-10-14-22(24)26(30)28(19-7-3)20-8-4/h9-16H,5-8,17-20H2,1-4H3. The zero-order chi connectivity index (χ0) is 23.3. The Morgan fingerprint density at radius 3 is 1.22 bits per heavy atom. The molecule has 0 bridgehead atoms. The molecule has 32 heavy (non-hydrogen) atoms. The number of amides is 2. The van der Waals surface area contributed by atoms with Crippen molar-refractivity contribution in [1.29, 1.82) is 0 Å². The maximum absolute atomic E-state index is 13.2. The van der Waals surface area contributed by atoms with Crippen LogP contribution in [0.15, 0.2) is 48.5 Å². The molecule has 2 rings (SSSR count). The molecule has 2 aromatic carbocycles. The van der Waals surface area contributed by atoms with Crippen LogP contribution in [-0.2, 0) is 0 Å². The normalized spacial score (nSPS) is 10.8. The summed E-state index contributed by atoms with van der Waals surface area (Å²) in [6.45, 7) is 11.6. The van der Waals surface area contributed by atoms with Crippen molar-refractivity contribution >= 4 is 47.0 Å². The minimum atomic E-state index is 0.125. The van der Waals surface area contributed by atoms with E-state index in [0.717, 1.165) is 71.9 Å². The maximum atomic E-state index is 13.2. The van der Waals surface area contributed by atoms with Crippen molar-refractivity contribution in [3.63, 3.8) is 0 Å². The van der Waals surface area contributed by atoms with Crippen molar-refractivity contribution in [2.45, 2.75) is 53.4 Å². The summed E-state index contributed by atoms with van der Waals surface area (Å²) in [4.78, 5) is 30.5. The van der Waals surface area contributed by atoms with Crippen LogP contribution in [0, 0.1) is 0 Å². The van der Waals surface area contributed by atoms with E-state index in [0.29, 0.717) is 0 Å². The third-order valence-electron chi connectivity index (χ3n) is 5.00. The van der Waals surface area contributed by atoms with E-state index in [1.165, 1.54) is 0 Å². The molecule has 0 radical (unpaired) electrons. The van der Waals surface area contributed by atoms with Gasteiger partial charge < -0.3 is 0 Å². The Bertz CT molecular complexity index is 789. The Labute approximate surface area is 205 Å². The molecule has 0 unspecified atom stereocenters. The number of hydrogen-bond donors (Lipinski definition) is 0. The van der Waals surface area contributed by atoms with Gasteiger partial charge in [0, 0.05) is 0 Å². The molecule has 0 aliphatic carbocycles. The zero-order valence-electron chi connectivity index (χ0n) is 19.8. The molecule has 174 valence electrons. The molecule has 6 heteroatoms. The second-order valence-electron chi connectivity index (χ2n) is 7.74. The van der Waals surface area contributed by atoms with Gasteiger partial charge in [0.2, 0.25) is 0 Å². The molecule has 0 spiro atoms. The average Bonchev–Trinajstić information content (AvgIpc) is 2.82. The molecular weight excluding hydrogens is 530 g/mol. The number of carbonyl (C=O) groups excluding carboxylic acids is 2. The van der Waals surface area contributed by atoms with E-state index in [1.807, 2.05) is 46.2 Å². The summed E-state index contributed by atoms with van der Waals surface area (Å²) in [5.41, 5.74) is 1.66. The fraction of sp³-hybridized carbons (Fsp3) is 0.462. The average molecular weight is 567 g/mol. The van der Waals surface area contributed by atoms with Crippen LogP contribution in [0.5, 0.6) is 0 Å². The van der Waals surface area contributed by atoms with Gasteiger partial charge in [-0.1, -0.05) is 0 Å². The van der Waals surface area contributed by atoms with Gasteiger partial charge in [0.25, 0.3) is 0 Å². The summed E-state index contributed by atoms with van der Waals surface area (Å²) < 4.78 is 2.28. The van der Waals surface area contributed by atoms with Crippen LogP contribution in [0.2, 0.25) is 0 Å². The van der Waals surface area contributed by atoms with E-state index in [2.05, 4.69) is 39.8 Å². The Morgan fingerprint density at radius 1 is 0.594 bits per heavy atom. The summed E-state index contributed by atoms with van der Waals surface area (Å²) in [6.07, 6.45) is 3.85. The second-order valence-corrected chi connectivity index (χ2v) is 13.9. The van der Waals surface area contributed by atoms with Gasteiger partial charge in [-0.2, -0.15) is 0 Å². The van der Waals surface area contributed by atoms with E-state index < -0.39 is 0 Å². The molecule has 0 N–H and O–H groups in total. The Balaban J connectivity index is 2.24. The second kappa shape index (κ2) is 14.5. The first-order valence-electron chi connectivity index (χ1n) is 11.7. The molecule has 0 saturated carbocycles. The van der Waals surface area contributed by atoms with Gasteiger partial charge in [-0.05, 0) is 0 Å². The van der Waals surface area contributed by atoms with Gasteiger partial charge in [0.05, 0.1) is 0 Å². The topological polar surface area (TPSA) is 40.6 Å². The van der Waals surface area contributed by atoms with Gasteiger partial charge in [-0.3, -0.25) is 0 Å². The van der Waals surface area contributed by atoms with Crippen molar-refractivity contribution in [3.8, 4) is 0 Å². The van der Waals surface area contributed by atoms with Gasteiger partial charge >= 0.3 is 206 Å². The van der Waals surface area contributed by atoms with E-state index in [4.69, 9.17) is 0 Å². The first-order valence-corrected chi connectivity index (χ1v) is 17.7. The molecule has 4 nitrogen and oxygen atoms in total. The summed E-state index contributed by atoms with van der Waals surface area (Å²) in [6, 6.07) is 16.1. The Hall–Kier alpha value is -1.58. The third-order valence-corrected chi connectivity index (χ3v) is 12.3. The van der Waals surface area contributed by atoms with E-state index >= 15 is 0 Å². The Kier molecular flexibility index (Phi) is 12.1. The molecule has 0 atom stereocenters. The van der Waals surface area contributed by atoms with Crippen molar-refractivity contribution in [2.75, 3.05) is 26.2 Å². The van der Waals surface area contributed by atoms with Crippen LogP contribution in [0.1, 0.15) is 74.1 Å². The SMILES string of the molecule is CCCN(CCC)C(=O)c1ccccc1[Se][Se]c1ccccc1C(=O)N(CCC)CCC. The predicted molar refractivity (Wildman–Crippen MR) is 137 cm³/mol. The number of benzene rings is 2. The molecule has 0 aromatic heterocycles. The van der Waals surface area contributed by atoms with E-state index in [1.54, 1.807) is 0 Å². The molecular formula is C26H36N2O2Se2. The summed E-state index contributed by atoms with van der Waals surface area (Å²) in [5.74, 6) is 0.284. The summed E-state index contributed by atoms with van der Waals surface area (Å²) in [7, 11) is 0. The van der Waals surface area contributed by atoms with E-state index in [9.17, 15) is 9.59 Å². The van der Waals surface area contributed by atoms with Crippen LogP contribution >= 0.6 is 0 Å². The minimum absolute atomic E-state index is 0.125.